The van der Waals surface area contributed by atoms with Gasteiger partial charge in [0.25, 0.3) is 5.56 Å². The van der Waals surface area contributed by atoms with Crippen molar-refractivity contribution in [2.45, 2.75) is 35.8 Å². The van der Waals surface area contributed by atoms with Crippen LogP contribution in [-0.4, -0.2) is 42.5 Å². The van der Waals surface area contributed by atoms with Crippen LogP contribution in [0.15, 0.2) is 52.2 Å². The molecule has 0 bridgehead atoms. The number of nitrogens with one attached hydrogen (secondary N) is 1. The Balaban J connectivity index is 1.70. The number of pyridine rings is 1. The van der Waals surface area contributed by atoms with E-state index >= 15 is 0 Å². The molecule has 8 heteroatoms. The summed E-state index contributed by atoms with van der Waals surface area (Å²) < 4.78 is 24.9. The molecule has 2 aliphatic rings. The molecule has 0 radical (unpaired) electrons. The van der Waals surface area contributed by atoms with Gasteiger partial charge >= 0.3 is 0 Å². The lowest BCUT2D eigenvalue weighted by molar-refractivity contribution is -0.127. The van der Waals surface area contributed by atoms with Gasteiger partial charge in [-0.15, -0.1) is 0 Å². The molecule has 1 saturated heterocycles. The Morgan fingerprint density at radius 3 is 2.45 bits per heavy atom. The number of rotatable bonds is 6. The van der Waals surface area contributed by atoms with Gasteiger partial charge in [-0.1, -0.05) is 29.8 Å². The maximum absolute atomic E-state index is 12.4. The van der Waals surface area contributed by atoms with Crippen LogP contribution >= 0.6 is 11.6 Å². The third-order valence-electron chi connectivity index (χ3n) is 5.30. The molecule has 152 valence electrons. The van der Waals surface area contributed by atoms with Crippen molar-refractivity contribution in [3.8, 4) is 0 Å². The molecule has 1 N–H and O–H groups in total. The molecule has 0 unspecified atom stereocenters. The van der Waals surface area contributed by atoms with E-state index in [1.807, 2.05) is 6.08 Å². The van der Waals surface area contributed by atoms with E-state index in [0.717, 1.165) is 12.0 Å². The van der Waals surface area contributed by atoms with Gasteiger partial charge in [-0.25, -0.2) is 8.42 Å². The van der Waals surface area contributed by atoms with Crippen molar-refractivity contribution >= 4 is 32.9 Å². The fourth-order valence-corrected chi connectivity index (χ4v) is 5.26. The maximum Gasteiger partial charge on any atom is 0.267 e. The molecular weight excluding hydrogens is 412 g/mol. The van der Waals surface area contributed by atoms with Gasteiger partial charge in [0.2, 0.25) is 5.91 Å². The molecule has 29 heavy (non-hydrogen) atoms. The number of aromatic amines is 1. The second-order valence-corrected chi connectivity index (χ2v) is 10.0. The van der Waals surface area contributed by atoms with E-state index in [-0.39, 0.29) is 16.2 Å². The molecule has 2 aromatic rings. The zero-order chi connectivity index (χ0) is 20.6. The number of hydrogen-bond donors (Lipinski definition) is 1. The fourth-order valence-electron chi connectivity index (χ4n) is 3.49. The molecule has 2 heterocycles. The summed E-state index contributed by atoms with van der Waals surface area (Å²) in [6.07, 6.45) is 4.70. The van der Waals surface area contributed by atoms with E-state index in [1.165, 1.54) is 6.07 Å². The highest BCUT2D eigenvalue weighted by molar-refractivity contribution is 7.92. The van der Waals surface area contributed by atoms with E-state index in [2.05, 4.69) is 4.98 Å². The fraction of sp³-hybridized carbons (Fsp3) is 0.333. The van der Waals surface area contributed by atoms with E-state index < -0.39 is 15.4 Å². The minimum atomic E-state index is -3.27. The first kappa shape index (κ1) is 19.9. The van der Waals surface area contributed by atoms with Crippen LogP contribution in [0.5, 0.6) is 0 Å². The second kappa shape index (κ2) is 7.80. The van der Waals surface area contributed by atoms with Gasteiger partial charge in [-0.2, -0.15) is 0 Å². The summed E-state index contributed by atoms with van der Waals surface area (Å²) in [5, 5.41) is -0.175. The van der Waals surface area contributed by atoms with Crippen molar-refractivity contribution in [3.05, 3.63) is 69.1 Å². The van der Waals surface area contributed by atoms with Crippen LogP contribution < -0.4 is 5.56 Å². The Hall–Kier alpha value is -2.38. The Morgan fingerprint density at radius 2 is 1.86 bits per heavy atom. The van der Waals surface area contributed by atoms with Crippen molar-refractivity contribution in [2.24, 2.45) is 0 Å². The van der Waals surface area contributed by atoms with Gasteiger partial charge in [0.05, 0.1) is 10.1 Å². The van der Waals surface area contributed by atoms with E-state index in [4.69, 9.17) is 11.6 Å². The maximum atomic E-state index is 12.4. The Kier molecular flexibility index (Phi) is 5.36. The predicted molar refractivity (Wildman–Crippen MR) is 112 cm³/mol. The average molecular weight is 433 g/mol. The summed E-state index contributed by atoms with van der Waals surface area (Å²) in [4.78, 5) is 28.8. The van der Waals surface area contributed by atoms with Crippen molar-refractivity contribution in [1.82, 2.24) is 9.88 Å². The second-order valence-electron chi connectivity index (χ2n) is 7.38. The summed E-state index contributed by atoms with van der Waals surface area (Å²) in [7, 11) is -3.27. The molecular formula is C21H21ClN2O4S. The first-order valence-corrected chi connectivity index (χ1v) is 11.5. The molecule has 1 aliphatic heterocycles. The first-order valence-electron chi connectivity index (χ1n) is 9.58. The number of sulfone groups is 1. The van der Waals surface area contributed by atoms with Crippen LogP contribution in [0.3, 0.4) is 0 Å². The van der Waals surface area contributed by atoms with Crippen molar-refractivity contribution < 1.29 is 13.2 Å². The van der Waals surface area contributed by atoms with Gasteiger partial charge in [0.1, 0.15) is 5.02 Å². The smallest absolute Gasteiger partial charge is 0.267 e. The monoisotopic (exact) mass is 432 g/mol. The Labute approximate surface area is 174 Å². The Bertz CT molecular complexity index is 1130. The van der Waals surface area contributed by atoms with Crippen LogP contribution in [-0.2, 0) is 14.6 Å². The lowest BCUT2D eigenvalue weighted by atomic mass is 10.0. The lowest BCUT2D eigenvalue weighted by Crippen LogP contribution is -2.24. The number of nitrogens with zero attached hydrogens (tertiary/aromatic N) is 1. The molecule has 1 aromatic heterocycles. The van der Waals surface area contributed by atoms with Gasteiger partial charge in [0, 0.05) is 30.8 Å². The van der Waals surface area contributed by atoms with Gasteiger partial charge < -0.3 is 9.88 Å². The predicted octanol–water partition coefficient (Wildman–Crippen LogP) is 3.02. The number of likely N-dealkylation sites (tertiary alicyclic amines) is 1. The molecule has 2 fully saturated rings. The van der Waals surface area contributed by atoms with Gasteiger partial charge in [-0.05, 0) is 49.1 Å². The first-order chi connectivity index (χ1) is 13.9. The highest BCUT2D eigenvalue weighted by Crippen LogP contribution is 2.34. The van der Waals surface area contributed by atoms with Crippen molar-refractivity contribution in [2.75, 3.05) is 13.1 Å². The lowest BCUT2D eigenvalue weighted by Gasteiger charge is -2.15. The van der Waals surface area contributed by atoms with Crippen molar-refractivity contribution in [3.63, 3.8) is 0 Å². The summed E-state index contributed by atoms with van der Waals surface area (Å²) >= 11 is 5.85. The largest absolute Gasteiger partial charge is 0.339 e. The minimum absolute atomic E-state index is 0.0914. The highest BCUT2D eigenvalue weighted by Gasteiger charge is 2.36. The third-order valence-corrected chi connectivity index (χ3v) is 7.87. The third kappa shape index (κ3) is 4.16. The highest BCUT2D eigenvalue weighted by atomic mass is 35.5. The van der Waals surface area contributed by atoms with Crippen LogP contribution in [0.1, 0.15) is 36.9 Å². The number of carbonyl (C=O) groups excluding carboxylic acids is 1. The zero-order valence-electron chi connectivity index (χ0n) is 15.7. The number of H-pyrrole nitrogens is 1. The van der Waals surface area contributed by atoms with E-state index in [1.54, 1.807) is 35.2 Å². The summed E-state index contributed by atoms with van der Waals surface area (Å²) in [6.45, 7) is 1.12. The Morgan fingerprint density at radius 1 is 1.14 bits per heavy atom. The van der Waals surface area contributed by atoms with Crippen LogP contribution in [0.4, 0.5) is 0 Å². The van der Waals surface area contributed by atoms with Gasteiger partial charge in [0.15, 0.2) is 9.84 Å². The molecule has 0 atom stereocenters. The SMILES string of the molecule is O=C1CCCN1C/C=C(/c1ccc(S(=O)(=O)C2CC2)cc1)c1ccc(Cl)c(=O)[nH]1. The number of carbonyl (C=O) groups is 1. The van der Waals surface area contributed by atoms with Gasteiger partial charge in [-0.3, -0.25) is 9.59 Å². The molecule has 0 spiro atoms. The molecule has 1 aromatic carbocycles. The normalized spacial score (nSPS) is 17.8. The summed E-state index contributed by atoms with van der Waals surface area (Å²) in [5.74, 6) is 0.107. The molecule has 4 rings (SSSR count). The van der Waals surface area contributed by atoms with Crippen LogP contribution in [0.2, 0.25) is 5.02 Å². The number of hydrogen-bond acceptors (Lipinski definition) is 4. The number of aromatic nitrogens is 1. The summed E-state index contributed by atoms with van der Waals surface area (Å²) in [6, 6.07) is 9.91. The van der Waals surface area contributed by atoms with Crippen LogP contribution in [0, 0.1) is 0 Å². The standard InChI is InChI=1S/C21H21ClN2O4S/c22-18-9-10-19(23-21(18)26)17(11-13-24-12-1-2-20(24)25)14-3-5-15(6-4-14)29(27,28)16-7-8-16/h3-6,9-11,16H,1-2,7-8,12-13H2,(H,23,26)/b17-11-. The van der Waals surface area contributed by atoms with E-state index in [0.29, 0.717) is 48.5 Å². The molecule has 6 nitrogen and oxygen atoms in total. The van der Waals surface area contributed by atoms with Crippen molar-refractivity contribution in [1.29, 1.82) is 0 Å². The minimum Gasteiger partial charge on any atom is -0.339 e. The topological polar surface area (TPSA) is 87.3 Å². The summed E-state index contributed by atoms with van der Waals surface area (Å²) in [5.41, 5.74) is 1.63. The molecule has 1 amide bonds. The van der Waals surface area contributed by atoms with Crippen LogP contribution in [0.25, 0.3) is 5.57 Å². The number of amides is 1. The number of benzene rings is 1. The molecule has 1 aliphatic carbocycles. The molecule has 1 saturated carbocycles. The quantitative estimate of drug-likeness (QED) is 0.760. The average Bonchev–Trinajstić information content (AvgIpc) is 3.49. The van der Waals surface area contributed by atoms with E-state index in [9.17, 15) is 18.0 Å². The number of halogens is 1. The zero-order valence-corrected chi connectivity index (χ0v) is 17.3.